The number of nitrogens with one attached hydrogen (secondary N) is 2. The normalized spacial score (nSPS) is 18.5. The topological polar surface area (TPSA) is 41.1 Å². The van der Waals surface area contributed by atoms with E-state index < -0.39 is 0 Å². The van der Waals surface area contributed by atoms with Crippen LogP contribution in [-0.4, -0.2) is 5.91 Å². The fraction of sp³-hybridized carbons (Fsp3) is 0.188. The molecule has 1 aliphatic rings. The molecule has 2 aromatic carbocycles. The van der Waals surface area contributed by atoms with Gasteiger partial charge in [-0.15, -0.1) is 0 Å². The van der Waals surface area contributed by atoms with Gasteiger partial charge in [0, 0.05) is 17.3 Å². The standard InChI is InChI=1S/C16H15FN2O/c1-10(11-6-8-12(17)9-7-11)18-15-13-4-2-3-5-14(13)19-16(15)20/h2-10,15,18H,1H3,(H,19,20). The maximum atomic E-state index is 12.9. The van der Waals surface area contributed by atoms with E-state index in [2.05, 4.69) is 10.6 Å². The number of para-hydroxylation sites is 1. The zero-order valence-corrected chi connectivity index (χ0v) is 11.1. The molecule has 3 nitrogen and oxygen atoms in total. The number of rotatable bonds is 3. The number of halogens is 1. The van der Waals surface area contributed by atoms with Crippen molar-refractivity contribution in [3.8, 4) is 0 Å². The van der Waals surface area contributed by atoms with Gasteiger partial charge in [0.1, 0.15) is 11.9 Å². The van der Waals surface area contributed by atoms with Gasteiger partial charge in [0.2, 0.25) is 5.91 Å². The zero-order chi connectivity index (χ0) is 14.1. The van der Waals surface area contributed by atoms with Crippen molar-refractivity contribution in [2.45, 2.75) is 19.0 Å². The molecule has 3 rings (SSSR count). The molecule has 0 spiro atoms. The van der Waals surface area contributed by atoms with Crippen LogP contribution in [0.25, 0.3) is 0 Å². The van der Waals surface area contributed by atoms with E-state index in [0.29, 0.717) is 0 Å². The van der Waals surface area contributed by atoms with E-state index in [1.54, 1.807) is 12.1 Å². The van der Waals surface area contributed by atoms with Crippen LogP contribution in [0, 0.1) is 5.82 Å². The van der Waals surface area contributed by atoms with Crippen molar-refractivity contribution in [2.24, 2.45) is 0 Å². The smallest absolute Gasteiger partial charge is 0.246 e. The van der Waals surface area contributed by atoms with Gasteiger partial charge in [0.05, 0.1) is 0 Å². The molecule has 102 valence electrons. The third-order valence-electron chi connectivity index (χ3n) is 3.58. The number of carbonyl (C=O) groups is 1. The highest BCUT2D eigenvalue weighted by Crippen LogP contribution is 2.32. The van der Waals surface area contributed by atoms with Crippen molar-refractivity contribution in [1.29, 1.82) is 0 Å². The highest BCUT2D eigenvalue weighted by molar-refractivity contribution is 6.02. The van der Waals surface area contributed by atoms with Crippen molar-refractivity contribution < 1.29 is 9.18 Å². The van der Waals surface area contributed by atoms with Crippen LogP contribution in [0.1, 0.15) is 30.1 Å². The van der Waals surface area contributed by atoms with E-state index in [-0.39, 0.29) is 23.8 Å². The van der Waals surface area contributed by atoms with E-state index >= 15 is 0 Å². The Hall–Kier alpha value is -2.20. The molecule has 0 aliphatic carbocycles. The SMILES string of the molecule is CC(NC1C(=O)Nc2ccccc21)c1ccc(F)cc1. The number of anilines is 1. The minimum atomic E-state index is -0.369. The summed E-state index contributed by atoms with van der Waals surface area (Å²) >= 11 is 0. The lowest BCUT2D eigenvalue weighted by atomic mass is 10.0. The zero-order valence-electron chi connectivity index (χ0n) is 11.1. The Balaban J connectivity index is 1.81. The van der Waals surface area contributed by atoms with Crippen molar-refractivity contribution >= 4 is 11.6 Å². The lowest BCUT2D eigenvalue weighted by molar-refractivity contribution is -0.117. The molecular weight excluding hydrogens is 255 g/mol. The first-order chi connectivity index (χ1) is 9.65. The molecule has 0 fully saturated rings. The molecule has 1 amide bonds. The fourth-order valence-electron chi connectivity index (χ4n) is 2.47. The fourth-order valence-corrected chi connectivity index (χ4v) is 2.47. The summed E-state index contributed by atoms with van der Waals surface area (Å²) in [5, 5.41) is 6.14. The Bertz CT molecular complexity index is 639. The van der Waals surface area contributed by atoms with Crippen molar-refractivity contribution in [1.82, 2.24) is 5.32 Å². The maximum Gasteiger partial charge on any atom is 0.246 e. The molecule has 1 heterocycles. The van der Waals surface area contributed by atoms with E-state index in [1.807, 2.05) is 31.2 Å². The van der Waals surface area contributed by atoms with Gasteiger partial charge in [-0.1, -0.05) is 30.3 Å². The Morgan fingerprint density at radius 1 is 1.15 bits per heavy atom. The van der Waals surface area contributed by atoms with Gasteiger partial charge in [0.25, 0.3) is 0 Å². The third kappa shape index (κ3) is 2.30. The minimum Gasteiger partial charge on any atom is -0.324 e. The molecule has 0 saturated carbocycles. The lowest BCUT2D eigenvalue weighted by Crippen LogP contribution is -2.29. The predicted octanol–water partition coefficient (Wildman–Crippen LogP) is 3.17. The Morgan fingerprint density at radius 3 is 2.60 bits per heavy atom. The van der Waals surface area contributed by atoms with Gasteiger partial charge in [-0.2, -0.15) is 0 Å². The Morgan fingerprint density at radius 2 is 1.85 bits per heavy atom. The van der Waals surface area contributed by atoms with Crippen molar-refractivity contribution in [3.63, 3.8) is 0 Å². The van der Waals surface area contributed by atoms with Crippen LogP contribution in [0.15, 0.2) is 48.5 Å². The Labute approximate surface area is 116 Å². The number of amides is 1. The highest BCUT2D eigenvalue weighted by Gasteiger charge is 2.31. The van der Waals surface area contributed by atoms with Gasteiger partial charge in [-0.25, -0.2) is 4.39 Å². The summed E-state index contributed by atoms with van der Waals surface area (Å²) in [5.41, 5.74) is 2.75. The largest absolute Gasteiger partial charge is 0.324 e. The quantitative estimate of drug-likeness (QED) is 0.899. The summed E-state index contributed by atoms with van der Waals surface area (Å²) < 4.78 is 12.9. The highest BCUT2D eigenvalue weighted by atomic mass is 19.1. The molecule has 2 aromatic rings. The summed E-state index contributed by atoms with van der Waals surface area (Å²) in [6.45, 7) is 1.96. The van der Waals surface area contributed by atoms with E-state index in [4.69, 9.17) is 0 Å². The molecular formula is C16H15FN2O. The monoisotopic (exact) mass is 270 g/mol. The number of hydrogen-bond donors (Lipinski definition) is 2. The molecule has 0 saturated heterocycles. The average molecular weight is 270 g/mol. The number of carbonyl (C=O) groups excluding carboxylic acids is 1. The van der Waals surface area contributed by atoms with Crippen LogP contribution in [0.3, 0.4) is 0 Å². The summed E-state index contributed by atoms with van der Waals surface area (Å²) in [4.78, 5) is 12.0. The van der Waals surface area contributed by atoms with Crippen LogP contribution in [0.2, 0.25) is 0 Å². The van der Waals surface area contributed by atoms with E-state index in [0.717, 1.165) is 16.8 Å². The van der Waals surface area contributed by atoms with Gasteiger partial charge in [0.15, 0.2) is 0 Å². The Kier molecular flexibility index (Phi) is 3.24. The molecule has 1 aliphatic heterocycles. The average Bonchev–Trinajstić information content (AvgIpc) is 2.76. The maximum absolute atomic E-state index is 12.9. The molecule has 2 atom stereocenters. The van der Waals surface area contributed by atoms with E-state index in [1.165, 1.54) is 12.1 Å². The summed E-state index contributed by atoms with van der Waals surface area (Å²) in [5.74, 6) is -0.315. The van der Waals surface area contributed by atoms with E-state index in [9.17, 15) is 9.18 Å². The van der Waals surface area contributed by atoms with Crippen LogP contribution in [0.4, 0.5) is 10.1 Å². The van der Waals surface area contributed by atoms with Crippen molar-refractivity contribution in [3.05, 3.63) is 65.5 Å². The first-order valence-corrected chi connectivity index (χ1v) is 6.56. The first-order valence-electron chi connectivity index (χ1n) is 6.56. The molecule has 0 bridgehead atoms. The summed E-state index contributed by atoms with van der Waals surface area (Å²) in [7, 11) is 0. The summed E-state index contributed by atoms with van der Waals surface area (Å²) in [6.07, 6.45) is 0. The van der Waals surface area contributed by atoms with Crippen molar-refractivity contribution in [2.75, 3.05) is 5.32 Å². The second kappa shape index (κ2) is 5.06. The van der Waals surface area contributed by atoms with Crippen LogP contribution in [-0.2, 0) is 4.79 Å². The number of fused-ring (bicyclic) bond motifs is 1. The van der Waals surface area contributed by atoms with Crippen LogP contribution >= 0.6 is 0 Å². The minimum absolute atomic E-state index is 0.0440. The van der Waals surface area contributed by atoms with Gasteiger partial charge < -0.3 is 5.32 Å². The molecule has 4 heteroatoms. The molecule has 0 aromatic heterocycles. The lowest BCUT2D eigenvalue weighted by Gasteiger charge is -2.18. The third-order valence-corrected chi connectivity index (χ3v) is 3.58. The second-order valence-electron chi connectivity index (χ2n) is 4.95. The van der Waals surface area contributed by atoms with Gasteiger partial charge in [-0.3, -0.25) is 10.1 Å². The summed E-state index contributed by atoms with van der Waals surface area (Å²) in [6, 6.07) is 13.5. The molecule has 2 unspecified atom stereocenters. The van der Waals surface area contributed by atoms with Crippen LogP contribution < -0.4 is 10.6 Å². The second-order valence-corrected chi connectivity index (χ2v) is 4.95. The van der Waals surface area contributed by atoms with Gasteiger partial charge >= 0.3 is 0 Å². The predicted molar refractivity (Wildman–Crippen MR) is 75.8 cm³/mol. The number of benzene rings is 2. The first kappa shape index (κ1) is 12.8. The molecule has 2 N–H and O–H groups in total. The molecule has 20 heavy (non-hydrogen) atoms. The van der Waals surface area contributed by atoms with Crippen LogP contribution in [0.5, 0.6) is 0 Å². The molecule has 0 radical (unpaired) electrons. The van der Waals surface area contributed by atoms with Gasteiger partial charge in [-0.05, 0) is 30.7 Å². The number of hydrogen-bond acceptors (Lipinski definition) is 2.